The molecule has 0 unspecified atom stereocenters. The maximum Gasteiger partial charge on any atom is 0.351 e. The number of hydrogen-bond acceptors (Lipinski definition) is 8. The number of aromatic nitrogens is 2. The Kier molecular flexibility index (Phi) is 5.08. The van der Waals surface area contributed by atoms with Crippen molar-refractivity contribution in [3.8, 4) is 0 Å². The van der Waals surface area contributed by atoms with Crippen LogP contribution in [-0.4, -0.2) is 56.6 Å². The summed E-state index contributed by atoms with van der Waals surface area (Å²) in [6.07, 6.45) is -3.62. The lowest BCUT2D eigenvalue weighted by Gasteiger charge is -2.17. The lowest BCUT2D eigenvalue weighted by Crippen LogP contribution is -2.36. The molecule has 0 aliphatic carbocycles. The van der Waals surface area contributed by atoms with Gasteiger partial charge in [-0.3, -0.25) is 14.2 Å². The third-order valence-electron chi connectivity index (χ3n) is 3.20. The van der Waals surface area contributed by atoms with Crippen LogP contribution in [0.5, 0.6) is 0 Å². The van der Waals surface area contributed by atoms with Gasteiger partial charge in [-0.05, 0) is 6.07 Å². The van der Waals surface area contributed by atoms with E-state index >= 15 is 0 Å². The number of aliphatic hydroxyl groups is 2. The van der Waals surface area contributed by atoms with Gasteiger partial charge in [0.25, 0.3) is 0 Å². The maximum atomic E-state index is 12.0. The second-order valence-electron chi connectivity index (χ2n) is 5.03. The third-order valence-corrected chi connectivity index (χ3v) is 3.20. The Labute approximate surface area is 130 Å². The van der Waals surface area contributed by atoms with Crippen LogP contribution in [0.15, 0.2) is 17.1 Å². The summed E-state index contributed by atoms with van der Waals surface area (Å²) in [5.41, 5.74) is -0.777. The maximum absolute atomic E-state index is 12.0. The Morgan fingerprint density at radius 1 is 1.39 bits per heavy atom. The minimum atomic E-state index is -1.40. The summed E-state index contributed by atoms with van der Waals surface area (Å²) in [5, 5.41) is 22.3. The van der Waals surface area contributed by atoms with Crippen LogP contribution in [-0.2, 0) is 19.1 Å². The number of nitrogens with zero attached hydrogens (tertiary/aromatic N) is 2. The number of amides is 1. The highest BCUT2D eigenvalue weighted by atomic mass is 16.6. The number of carbonyl (C=O) groups excluding carboxylic acids is 2. The average molecular weight is 327 g/mol. The Hall–Kier alpha value is -2.30. The van der Waals surface area contributed by atoms with E-state index in [9.17, 15) is 24.6 Å². The van der Waals surface area contributed by atoms with Gasteiger partial charge in [0.1, 0.15) is 30.7 Å². The van der Waals surface area contributed by atoms with Gasteiger partial charge in [0.05, 0.1) is 0 Å². The summed E-state index contributed by atoms with van der Waals surface area (Å²) in [5.74, 6) is -0.885. The van der Waals surface area contributed by atoms with E-state index in [1.54, 1.807) is 0 Å². The number of hydrogen-bond donors (Lipinski definition) is 3. The van der Waals surface area contributed by atoms with Crippen LogP contribution in [0, 0.1) is 0 Å². The molecule has 0 radical (unpaired) electrons. The molecular formula is C13H17N3O7. The largest absolute Gasteiger partial charge is 0.463 e. The molecule has 0 saturated carbocycles. The number of rotatable bonds is 4. The molecule has 0 spiro atoms. The van der Waals surface area contributed by atoms with Crippen molar-refractivity contribution in [2.75, 3.05) is 11.9 Å². The molecule has 0 aromatic carbocycles. The average Bonchev–Trinajstić information content (AvgIpc) is 2.73. The molecular weight excluding hydrogens is 310 g/mol. The van der Waals surface area contributed by atoms with Crippen molar-refractivity contribution in [2.45, 2.75) is 38.4 Å². The SMILES string of the molecule is CC(=O)Nc1ccn([C@@H]2O[C@H](COC(C)=O)[C@@H](O)[C@H]2O)c(=O)n1. The fourth-order valence-corrected chi connectivity index (χ4v) is 2.15. The van der Waals surface area contributed by atoms with Crippen molar-refractivity contribution in [2.24, 2.45) is 0 Å². The summed E-state index contributed by atoms with van der Waals surface area (Å²) in [7, 11) is 0. The second-order valence-corrected chi connectivity index (χ2v) is 5.03. The highest BCUT2D eigenvalue weighted by Gasteiger charge is 2.44. The molecule has 0 bridgehead atoms. The van der Waals surface area contributed by atoms with E-state index in [0.29, 0.717) is 0 Å². The molecule has 1 aromatic rings. The van der Waals surface area contributed by atoms with Crippen molar-refractivity contribution in [3.05, 3.63) is 22.7 Å². The van der Waals surface area contributed by atoms with Crippen LogP contribution in [0.25, 0.3) is 0 Å². The van der Waals surface area contributed by atoms with Crippen molar-refractivity contribution in [1.82, 2.24) is 9.55 Å². The molecule has 1 amide bonds. The number of ether oxygens (including phenoxy) is 2. The van der Waals surface area contributed by atoms with E-state index in [1.165, 1.54) is 26.1 Å². The van der Waals surface area contributed by atoms with Gasteiger partial charge in [-0.1, -0.05) is 0 Å². The zero-order valence-electron chi connectivity index (χ0n) is 12.5. The van der Waals surface area contributed by atoms with Crippen LogP contribution >= 0.6 is 0 Å². The van der Waals surface area contributed by atoms with Gasteiger partial charge in [-0.15, -0.1) is 0 Å². The molecule has 1 aliphatic rings. The topological polar surface area (TPSA) is 140 Å². The number of carbonyl (C=O) groups is 2. The number of esters is 1. The lowest BCUT2D eigenvalue weighted by atomic mass is 10.1. The van der Waals surface area contributed by atoms with Crippen molar-refractivity contribution >= 4 is 17.7 Å². The number of aliphatic hydroxyl groups excluding tert-OH is 2. The van der Waals surface area contributed by atoms with E-state index in [4.69, 9.17) is 9.47 Å². The summed E-state index contributed by atoms with van der Waals surface area (Å²) in [6, 6.07) is 1.35. The van der Waals surface area contributed by atoms with E-state index in [0.717, 1.165) is 4.57 Å². The third kappa shape index (κ3) is 3.92. The minimum Gasteiger partial charge on any atom is -0.463 e. The van der Waals surface area contributed by atoms with Crippen LogP contribution in [0.1, 0.15) is 20.1 Å². The first-order chi connectivity index (χ1) is 10.8. The fraction of sp³-hybridized carbons (Fsp3) is 0.538. The fourth-order valence-electron chi connectivity index (χ4n) is 2.15. The molecule has 4 atom stereocenters. The van der Waals surface area contributed by atoms with E-state index < -0.39 is 36.2 Å². The van der Waals surface area contributed by atoms with Crippen molar-refractivity contribution < 1.29 is 29.3 Å². The second kappa shape index (κ2) is 6.86. The monoisotopic (exact) mass is 327 g/mol. The zero-order valence-corrected chi connectivity index (χ0v) is 12.5. The first-order valence-electron chi connectivity index (χ1n) is 6.81. The molecule has 1 aromatic heterocycles. The normalized spacial score (nSPS) is 26.8. The minimum absolute atomic E-state index is 0.0586. The standard InChI is InChI=1S/C13H17N3O7/c1-6(17)14-9-3-4-16(13(21)15-9)12-11(20)10(19)8(23-12)5-22-7(2)18/h3-4,8,10-12,19-20H,5H2,1-2H3,(H,14,15,17,21)/t8-,10-,11-,12-/m1/s1. The first kappa shape index (κ1) is 17.1. The summed E-state index contributed by atoms with van der Waals surface area (Å²) >= 11 is 0. The number of nitrogens with one attached hydrogen (secondary N) is 1. The highest BCUT2D eigenvalue weighted by Crippen LogP contribution is 2.28. The molecule has 126 valence electrons. The zero-order chi connectivity index (χ0) is 17.1. The Morgan fingerprint density at radius 2 is 2.09 bits per heavy atom. The summed E-state index contributed by atoms with van der Waals surface area (Å²) in [6.45, 7) is 2.22. The molecule has 10 nitrogen and oxygen atoms in total. The first-order valence-corrected chi connectivity index (χ1v) is 6.81. The quantitative estimate of drug-likeness (QED) is 0.561. The Balaban J connectivity index is 2.16. The Morgan fingerprint density at radius 3 is 2.65 bits per heavy atom. The molecule has 1 aliphatic heterocycles. The van der Waals surface area contributed by atoms with Gasteiger partial charge in [0.2, 0.25) is 5.91 Å². The van der Waals surface area contributed by atoms with Gasteiger partial charge in [0.15, 0.2) is 6.23 Å². The van der Waals surface area contributed by atoms with E-state index in [-0.39, 0.29) is 18.3 Å². The Bertz CT molecular complexity index is 659. The van der Waals surface area contributed by atoms with Crippen LogP contribution in [0.2, 0.25) is 0 Å². The molecule has 3 N–H and O–H groups in total. The van der Waals surface area contributed by atoms with Crippen LogP contribution < -0.4 is 11.0 Å². The van der Waals surface area contributed by atoms with Gasteiger partial charge in [-0.25, -0.2) is 4.79 Å². The van der Waals surface area contributed by atoms with Gasteiger partial charge < -0.3 is 25.0 Å². The van der Waals surface area contributed by atoms with Gasteiger partial charge in [-0.2, -0.15) is 4.98 Å². The van der Waals surface area contributed by atoms with Gasteiger partial charge in [0, 0.05) is 20.0 Å². The van der Waals surface area contributed by atoms with Gasteiger partial charge >= 0.3 is 11.7 Å². The van der Waals surface area contributed by atoms with Crippen molar-refractivity contribution in [1.29, 1.82) is 0 Å². The number of anilines is 1. The smallest absolute Gasteiger partial charge is 0.351 e. The summed E-state index contributed by atoms with van der Waals surface area (Å²) in [4.78, 5) is 37.3. The molecule has 10 heteroatoms. The van der Waals surface area contributed by atoms with Crippen LogP contribution in [0.3, 0.4) is 0 Å². The molecule has 23 heavy (non-hydrogen) atoms. The molecule has 2 heterocycles. The van der Waals surface area contributed by atoms with E-state index in [2.05, 4.69) is 10.3 Å². The lowest BCUT2D eigenvalue weighted by molar-refractivity contribution is -0.147. The predicted octanol–water partition coefficient (Wildman–Crippen LogP) is -1.62. The summed E-state index contributed by atoms with van der Waals surface area (Å²) < 4.78 is 11.1. The molecule has 1 fully saturated rings. The van der Waals surface area contributed by atoms with E-state index in [1.807, 2.05) is 0 Å². The van der Waals surface area contributed by atoms with Crippen molar-refractivity contribution in [3.63, 3.8) is 0 Å². The molecule has 2 rings (SSSR count). The predicted molar refractivity (Wildman–Crippen MR) is 75.4 cm³/mol. The van der Waals surface area contributed by atoms with Crippen LogP contribution in [0.4, 0.5) is 5.82 Å². The highest BCUT2D eigenvalue weighted by molar-refractivity contribution is 5.87. The molecule has 1 saturated heterocycles.